The molecule has 0 saturated carbocycles. The van der Waals surface area contributed by atoms with E-state index in [1.165, 1.54) is 0 Å². The van der Waals surface area contributed by atoms with Crippen LogP contribution in [0.5, 0.6) is 5.75 Å². The summed E-state index contributed by atoms with van der Waals surface area (Å²) >= 11 is 4.17. The van der Waals surface area contributed by atoms with Gasteiger partial charge in [-0.25, -0.2) is 0 Å². The summed E-state index contributed by atoms with van der Waals surface area (Å²) in [7, 11) is 0. The number of likely N-dealkylation sites (tertiary alicyclic amines) is 1. The number of pyridine rings is 1. The summed E-state index contributed by atoms with van der Waals surface area (Å²) < 4.78 is 1.89. The predicted octanol–water partition coefficient (Wildman–Crippen LogP) is 5.37. The van der Waals surface area contributed by atoms with Crippen LogP contribution in [0.25, 0.3) is 22.2 Å². The number of allylic oxidation sites excluding steroid dienone is 1. The van der Waals surface area contributed by atoms with Crippen LogP contribution < -0.4 is 0 Å². The number of rotatable bonds is 7. The lowest BCUT2D eigenvalue weighted by Crippen LogP contribution is -2.46. The minimum atomic E-state index is -0.210. The first-order valence-corrected chi connectivity index (χ1v) is 12.6. The van der Waals surface area contributed by atoms with Crippen LogP contribution in [0.3, 0.4) is 0 Å². The molecule has 0 spiro atoms. The Labute approximate surface area is 215 Å². The van der Waals surface area contributed by atoms with Crippen molar-refractivity contribution in [2.24, 2.45) is 11.8 Å². The van der Waals surface area contributed by atoms with Gasteiger partial charge in [-0.05, 0) is 60.9 Å². The van der Waals surface area contributed by atoms with Gasteiger partial charge in [0.05, 0.1) is 11.7 Å². The number of phenols is 1. The highest BCUT2D eigenvalue weighted by Gasteiger charge is 2.34. The zero-order chi connectivity index (χ0) is 25.1. The minimum absolute atomic E-state index is 0.0141. The second-order valence-electron chi connectivity index (χ2n) is 9.38. The lowest BCUT2D eigenvalue weighted by molar-refractivity contribution is 0.123. The SMILES string of the molecule is C=CC(Cn1cc(-c2ccccc2)nn1)C1CCN(C(=O)S)C(Cc2ccnc3ccc(O)cc23)C1. The molecule has 1 saturated heterocycles. The Kier molecular flexibility index (Phi) is 7.04. The number of amides is 1. The highest BCUT2D eigenvalue weighted by Crippen LogP contribution is 2.34. The number of fused-ring (bicyclic) bond motifs is 1. The van der Waals surface area contributed by atoms with E-state index in [1.807, 2.05) is 64.3 Å². The Morgan fingerprint density at radius 2 is 2.06 bits per heavy atom. The maximum Gasteiger partial charge on any atom is 0.278 e. The van der Waals surface area contributed by atoms with Gasteiger partial charge in [0.15, 0.2) is 0 Å². The minimum Gasteiger partial charge on any atom is -0.508 e. The number of thiol groups is 1. The number of piperidine rings is 1. The Morgan fingerprint density at radius 1 is 1.22 bits per heavy atom. The fraction of sp³-hybridized carbons (Fsp3) is 0.286. The van der Waals surface area contributed by atoms with E-state index < -0.39 is 0 Å². The Balaban J connectivity index is 1.35. The molecule has 3 atom stereocenters. The lowest BCUT2D eigenvalue weighted by atomic mass is 9.79. The summed E-state index contributed by atoms with van der Waals surface area (Å²) in [5, 5.41) is 19.4. The molecule has 36 heavy (non-hydrogen) atoms. The second-order valence-corrected chi connectivity index (χ2v) is 9.76. The van der Waals surface area contributed by atoms with E-state index in [4.69, 9.17) is 0 Å². The van der Waals surface area contributed by atoms with Gasteiger partial charge in [-0.2, -0.15) is 0 Å². The number of benzene rings is 2. The van der Waals surface area contributed by atoms with Crippen LogP contribution in [0.15, 0.2) is 79.6 Å². The van der Waals surface area contributed by atoms with Gasteiger partial charge in [0.25, 0.3) is 5.24 Å². The molecular formula is C28H29N5O2S. The Bertz CT molecular complexity index is 1370. The van der Waals surface area contributed by atoms with Crippen molar-refractivity contribution in [1.29, 1.82) is 0 Å². The molecular weight excluding hydrogens is 470 g/mol. The van der Waals surface area contributed by atoms with Crippen LogP contribution >= 0.6 is 12.6 Å². The van der Waals surface area contributed by atoms with Crippen LogP contribution in [0, 0.1) is 11.8 Å². The van der Waals surface area contributed by atoms with Gasteiger partial charge in [-0.3, -0.25) is 14.5 Å². The zero-order valence-electron chi connectivity index (χ0n) is 19.9. The summed E-state index contributed by atoms with van der Waals surface area (Å²) in [5.41, 5.74) is 3.76. The fourth-order valence-electron chi connectivity index (χ4n) is 5.30. The number of phenolic OH excluding ortho intramolecular Hbond substituents is 1. The Hall–Kier alpha value is -3.65. The van der Waals surface area contributed by atoms with Crippen molar-refractivity contribution in [2.75, 3.05) is 6.54 Å². The molecule has 0 bridgehead atoms. The quantitative estimate of drug-likeness (QED) is 0.264. The number of aromatic nitrogens is 4. The van der Waals surface area contributed by atoms with Gasteiger partial charge >= 0.3 is 0 Å². The average molecular weight is 500 g/mol. The fourth-order valence-corrected chi connectivity index (χ4v) is 5.56. The highest BCUT2D eigenvalue weighted by molar-refractivity contribution is 7.96. The average Bonchev–Trinajstić information content (AvgIpc) is 3.37. The summed E-state index contributed by atoms with van der Waals surface area (Å²) in [5.74, 6) is 0.727. The van der Waals surface area contributed by atoms with E-state index in [9.17, 15) is 9.90 Å². The van der Waals surface area contributed by atoms with Crippen molar-refractivity contribution < 1.29 is 9.90 Å². The Morgan fingerprint density at radius 3 is 2.83 bits per heavy atom. The van der Waals surface area contributed by atoms with E-state index in [1.54, 1.807) is 18.3 Å². The molecule has 3 unspecified atom stereocenters. The first-order valence-electron chi connectivity index (χ1n) is 12.2. The molecule has 0 aliphatic carbocycles. The molecule has 1 fully saturated rings. The van der Waals surface area contributed by atoms with E-state index in [2.05, 4.69) is 34.5 Å². The largest absolute Gasteiger partial charge is 0.508 e. The topological polar surface area (TPSA) is 84.1 Å². The van der Waals surface area contributed by atoms with Crippen molar-refractivity contribution in [2.45, 2.75) is 31.8 Å². The van der Waals surface area contributed by atoms with Crippen LogP contribution in [-0.4, -0.2) is 47.8 Å². The van der Waals surface area contributed by atoms with Crippen molar-refractivity contribution in [3.8, 4) is 17.0 Å². The van der Waals surface area contributed by atoms with E-state index in [0.717, 1.165) is 40.6 Å². The first kappa shape index (κ1) is 24.1. The molecule has 4 aromatic rings. The molecule has 3 heterocycles. The van der Waals surface area contributed by atoms with E-state index in [0.29, 0.717) is 25.4 Å². The molecule has 1 aliphatic heterocycles. The van der Waals surface area contributed by atoms with Crippen molar-refractivity contribution in [3.63, 3.8) is 0 Å². The summed E-state index contributed by atoms with van der Waals surface area (Å²) in [6, 6.07) is 17.2. The molecule has 5 rings (SSSR count). The van der Waals surface area contributed by atoms with Gasteiger partial charge in [-0.1, -0.05) is 54.3 Å². The number of hydrogen-bond acceptors (Lipinski definition) is 5. The van der Waals surface area contributed by atoms with Gasteiger partial charge in [-0.15, -0.1) is 11.7 Å². The second kappa shape index (κ2) is 10.5. The molecule has 0 radical (unpaired) electrons. The summed E-state index contributed by atoms with van der Waals surface area (Å²) in [4.78, 5) is 18.7. The number of carbonyl (C=O) groups is 1. The molecule has 1 N–H and O–H groups in total. The van der Waals surface area contributed by atoms with Gasteiger partial charge < -0.3 is 10.0 Å². The molecule has 184 valence electrons. The number of aromatic hydroxyl groups is 1. The predicted molar refractivity (Wildman–Crippen MR) is 144 cm³/mol. The maximum atomic E-state index is 12.4. The first-order chi connectivity index (χ1) is 17.5. The van der Waals surface area contributed by atoms with Crippen LogP contribution in [0.2, 0.25) is 0 Å². The molecule has 1 aliphatic rings. The van der Waals surface area contributed by atoms with E-state index >= 15 is 0 Å². The van der Waals surface area contributed by atoms with Crippen molar-refractivity contribution in [3.05, 3.63) is 85.2 Å². The van der Waals surface area contributed by atoms with E-state index in [-0.39, 0.29) is 22.9 Å². The lowest BCUT2D eigenvalue weighted by Gasteiger charge is -2.41. The maximum absolute atomic E-state index is 12.4. The monoisotopic (exact) mass is 499 g/mol. The zero-order valence-corrected chi connectivity index (χ0v) is 20.8. The summed E-state index contributed by atoms with van der Waals surface area (Å²) in [6.07, 6.45) is 8.12. The van der Waals surface area contributed by atoms with Crippen LogP contribution in [-0.2, 0) is 13.0 Å². The standard InChI is InChI=1S/C28H29N5O2S/c1-2-19(17-32-18-27(30-31-32)20-6-4-3-5-7-20)21-11-13-33(28(35)36)23(14-21)15-22-10-12-29-26-9-8-24(34)16-25(22)26/h2-10,12,16,18-19,21,23,34H,1,11,13-15,17H2,(H,35,36). The van der Waals surface area contributed by atoms with Gasteiger partial charge in [0, 0.05) is 36.3 Å². The van der Waals surface area contributed by atoms with Crippen LogP contribution in [0.1, 0.15) is 18.4 Å². The third kappa shape index (κ3) is 5.14. The van der Waals surface area contributed by atoms with Gasteiger partial charge in [0.2, 0.25) is 0 Å². The van der Waals surface area contributed by atoms with Crippen LogP contribution in [0.4, 0.5) is 4.79 Å². The molecule has 8 heteroatoms. The number of carbonyl (C=O) groups excluding carboxylic acids is 1. The molecule has 2 aromatic heterocycles. The van der Waals surface area contributed by atoms with Crippen molar-refractivity contribution in [1.82, 2.24) is 24.9 Å². The third-order valence-electron chi connectivity index (χ3n) is 7.19. The normalized spacial score (nSPS) is 18.8. The van der Waals surface area contributed by atoms with Crippen molar-refractivity contribution >= 4 is 28.8 Å². The highest BCUT2D eigenvalue weighted by atomic mass is 32.1. The molecule has 1 amide bonds. The smallest absolute Gasteiger partial charge is 0.278 e. The molecule has 7 nitrogen and oxygen atoms in total. The third-order valence-corrected chi connectivity index (χ3v) is 7.44. The molecule has 2 aromatic carbocycles. The summed E-state index contributed by atoms with van der Waals surface area (Å²) in [6.45, 7) is 5.44. The number of nitrogens with zero attached hydrogens (tertiary/aromatic N) is 5. The number of hydrogen-bond donors (Lipinski definition) is 2. The van der Waals surface area contributed by atoms with Gasteiger partial charge in [0.1, 0.15) is 11.4 Å².